The first-order valence-corrected chi connectivity index (χ1v) is 6.24. The third-order valence-corrected chi connectivity index (χ3v) is 3.29. The van der Waals surface area contributed by atoms with Gasteiger partial charge in [0.15, 0.2) is 0 Å². The van der Waals surface area contributed by atoms with Gasteiger partial charge in [0.1, 0.15) is 5.82 Å². The number of amides is 2. The summed E-state index contributed by atoms with van der Waals surface area (Å²) in [5.41, 5.74) is 0.831. The molecule has 0 aromatic heterocycles. The number of likely N-dealkylation sites (tertiary alicyclic amines) is 1. The number of nitrogens with one attached hydrogen (secondary N) is 1. The van der Waals surface area contributed by atoms with Crippen molar-refractivity contribution in [1.82, 2.24) is 10.2 Å². The molecule has 2 rings (SSSR count). The highest BCUT2D eigenvalue weighted by molar-refractivity contribution is 6.00. The van der Waals surface area contributed by atoms with Crippen LogP contribution in [0.25, 0.3) is 0 Å². The molecule has 0 spiro atoms. The molecular formula is C14H14FN3O2. The Morgan fingerprint density at radius 2 is 2.20 bits per heavy atom. The highest BCUT2D eigenvalue weighted by atomic mass is 19.1. The number of piperidine rings is 1. The van der Waals surface area contributed by atoms with Crippen molar-refractivity contribution in [2.24, 2.45) is 0 Å². The van der Waals surface area contributed by atoms with E-state index in [2.05, 4.69) is 5.32 Å². The highest BCUT2D eigenvalue weighted by Gasteiger charge is 2.31. The van der Waals surface area contributed by atoms with Crippen LogP contribution in [0.3, 0.4) is 0 Å². The molecule has 0 bridgehead atoms. The van der Waals surface area contributed by atoms with Crippen molar-refractivity contribution in [2.75, 3.05) is 7.05 Å². The minimum atomic E-state index is -0.483. The van der Waals surface area contributed by atoms with Crippen molar-refractivity contribution in [1.29, 1.82) is 5.26 Å². The van der Waals surface area contributed by atoms with Crippen LogP contribution >= 0.6 is 0 Å². The summed E-state index contributed by atoms with van der Waals surface area (Å²) < 4.78 is 13.3. The number of nitriles is 1. The highest BCUT2D eigenvalue weighted by Crippen LogP contribution is 2.13. The summed E-state index contributed by atoms with van der Waals surface area (Å²) in [6, 6.07) is 5.47. The Morgan fingerprint density at radius 1 is 1.45 bits per heavy atom. The van der Waals surface area contributed by atoms with E-state index in [1.807, 2.05) is 6.07 Å². The number of hydrogen-bond donors (Lipinski definition) is 1. The second-order valence-corrected chi connectivity index (χ2v) is 4.72. The molecule has 1 saturated heterocycles. The molecule has 5 nitrogen and oxygen atoms in total. The largest absolute Gasteiger partial charge is 0.302 e. The van der Waals surface area contributed by atoms with Gasteiger partial charge < -0.3 is 5.32 Å². The van der Waals surface area contributed by atoms with Crippen LogP contribution in [0.15, 0.2) is 18.2 Å². The van der Waals surface area contributed by atoms with Crippen LogP contribution in [-0.4, -0.2) is 29.8 Å². The third-order valence-electron chi connectivity index (χ3n) is 3.29. The predicted octanol–water partition coefficient (Wildman–Crippen LogP) is 0.934. The zero-order valence-corrected chi connectivity index (χ0v) is 11.0. The van der Waals surface area contributed by atoms with Crippen LogP contribution in [0, 0.1) is 17.1 Å². The summed E-state index contributed by atoms with van der Waals surface area (Å²) in [5, 5.41) is 11.8. The van der Waals surface area contributed by atoms with Crippen molar-refractivity contribution < 1.29 is 14.0 Å². The van der Waals surface area contributed by atoms with E-state index in [4.69, 9.17) is 5.26 Å². The van der Waals surface area contributed by atoms with Crippen molar-refractivity contribution in [2.45, 2.75) is 25.4 Å². The van der Waals surface area contributed by atoms with Crippen molar-refractivity contribution in [3.05, 3.63) is 35.1 Å². The van der Waals surface area contributed by atoms with Gasteiger partial charge in [-0.1, -0.05) is 0 Å². The standard InChI is InChI=1S/C14H14FN3O2/c1-18-13(19)3-2-12(14(18)20)17-8-10-4-9(7-16)5-11(15)6-10/h4-6,12,17H,2-3,8H2,1H3. The van der Waals surface area contributed by atoms with Crippen molar-refractivity contribution >= 4 is 11.8 Å². The fraction of sp³-hybridized carbons (Fsp3) is 0.357. The lowest BCUT2D eigenvalue weighted by Crippen LogP contribution is -2.51. The number of nitrogens with zero attached hydrogens (tertiary/aromatic N) is 2. The molecule has 1 aromatic rings. The Bertz CT molecular complexity index is 595. The maximum Gasteiger partial charge on any atom is 0.246 e. The second-order valence-electron chi connectivity index (χ2n) is 4.72. The first-order valence-electron chi connectivity index (χ1n) is 6.24. The smallest absolute Gasteiger partial charge is 0.246 e. The van der Waals surface area contributed by atoms with E-state index >= 15 is 0 Å². The summed E-state index contributed by atoms with van der Waals surface area (Å²) >= 11 is 0. The molecule has 1 heterocycles. The summed E-state index contributed by atoms with van der Waals surface area (Å²) in [4.78, 5) is 24.3. The van der Waals surface area contributed by atoms with E-state index in [9.17, 15) is 14.0 Å². The van der Waals surface area contributed by atoms with Gasteiger partial charge in [-0.25, -0.2) is 4.39 Å². The Balaban J connectivity index is 2.02. The molecule has 1 aliphatic heterocycles. The molecule has 0 aliphatic carbocycles. The first-order chi connectivity index (χ1) is 9.51. The van der Waals surface area contributed by atoms with E-state index in [-0.39, 0.29) is 23.9 Å². The first kappa shape index (κ1) is 14.2. The number of carbonyl (C=O) groups excluding carboxylic acids is 2. The van der Waals surface area contributed by atoms with Crippen LogP contribution in [0.4, 0.5) is 4.39 Å². The van der Waals surface area contributed by atoms with Crippen LogP contribution in [-0.2, 0) is 16.1 Å². The molecule has 1 atom stereocenters. The van der Waals surface area contributed by atoms with Gasteiger partial charge in [0.25, 0.3) is 0 Å². The van der Waals surface area contributed by atoms with E-state index in [0.717, 1.165) is 11.0 Å². The monoisotopic (exact) mass is 275 g/mol. The zero-order valence-electron chi connectivity index (χ0n) is 11.0. The van der Waals surface area contributed by atoms with Gasteiger partial charge in [0.05, 0.1) is 17.7 Å². The molecule has 104 valence electrons. The van der Waals surface area contributed by atoms with Crippen LogP contribution in [0.5, 0.6) is 0 Å². The van der Waals surface area contributed by atoms with Gasteiger partial charge in [-0.2, -0.15) is 5.26 Å². The second kappa shape index (κ2) is 5.80. The number of hydrogen-bond acceptors (Lipinski definition) is 4. The van der Waals surface area contributed by atoms with Crippen molar-refractivity contribution in [3.63, 3.8) is 0 Å². The normalized spacial score (nSPS) is 19.1. The SMILES string of the molecule is CN1C(=O)CCC(NCc2cc(F)cc(C#N)c2)C1=O. The maximum atomic E-state index is 13.3. The maximum absolute atomic E-state index is 13.3. The zero-order chi connectivity index (χ0) is 14.7. The topological polar surface area (TPSA) is 73.2 Å². The van der Waals surface area contributed by atoms with Crippen molar-refractivity contribution in [3.8, 4) is 6.07 Å². The average molecular weight is 275 g/mol. The molecule has 6 heteroatoms. The van der Waals surface area contributed by atoms with Crippen LogP contribution in [0.1, 0.15) is 24.0 Å². The molecule has 0 saturated carbocycles. The van der Waals surface area contributed by atoms with Gasteiger partial charge in [-0.3, -0.25) is 14.5 Å². The van der Waals surface area contributed by atoms with E-state index < -0.39 is 11.9 Å². The predicted molar refractivity (Wildman–Crippen MR) is 68.8 cm³/mol. The lowest BCUT2D eigenvalue weighted by atomic mass is 10.0. The van der Waals surface area contributed by atoms with Gasteiger partial charge in [0, 0.05) is 20.0 Å². The van der Waals surface area contributed by atoms with Gasteiger partial charge in [0.2, 0.25) is 11.8 Å². The molecule has 1 aliphatic rings. The summed E-state index contributed by atoms with van der Waals surface area (Å²) in [7, 11) is 1.45. The lowest BCUT2D eigenvalue weighted by molar-refractivity contribution is -0.148. The minimum absolute atomic E-state index is 0.189. The summed E-state index contributed by atoms with van der Waals surface area (Å²) in [6.45, 7) is 0.269. The molecule has 0 radical (unpaired) electrons. The molecule has 1 fully saturated rings. The number of likely N-dealkylation sites (N-methyl/N-ethyl adjacent to an activating group) is 1. The fourth-order valence-electron chi connectivity index (χ4n) is 2.16. The lowest BCUT2D eigenvalue weighted by Gasteiger charge is -2.28. The van der Waals surface area contributed by atoms with Gasteiger partial charge in [-0.15, -0.1) is 0 Å². The minimum Gasteiger partial charge on any atom is -0.302 e. The Morgan fingerprint density at radius 3 is 2.90 bits per heavy atom. The van der Waals surface area contributed by atoms with E-state index in [1.54, 1.807) is 6.07 Å². The molecule has 1 N–H and O–H groups in total. The molecule has 1 unspecified atom stereocenters. The fourth-order valence-corrected chi connectivity index (χ4v) is 2.16. The average Bonchev–Trinajstić information content (AvgIpc) is 2.43. The number of benzene rings is 1. The van der Waals surface area contributed by atoms with Crippen LogP contribution in [0.2, 0.25) is 0 Å². The summed E-state index contributed by atoms with van der Waals surface area (Å²) in [5.74, 6) is -0.952. The molecule has 2 amide bonds. The van der Waals surface area contributed by atoms with Gasteiger partial charge in [-0.05, 0) is 30.2 Å². The Labute approximate surface area is 116 Å². The Hall–Kier alpha value is -2.26. The van der Waals surface area contributed by atoms with Gasteiger partial charge >= 0.3 is 0 Å². The van der Waals surface area contributed by atoms with Crippen LogP contribution < -0.4 is 5.32 Å². The molecular weight excluding hydrogens is 261 g/mol. The number of imide groups is 1. The molecule has 1 aromatic carbocycles. The van der Waals surface area contributed by atoms with E-state index in [1.165, 1.54) is 13.1 Å². The summed E-state index contributed by atoms with van der Waals surface area (Å²) in [6.07, 6.45) is 0.745. The number of halogens is 1. The quantitative estimate of drug-likeness (QED) is 0.833. The Kier molecular flexibility index (Phi) is 4.11. The number of carbonyl (C=O) groups is 2. The van der Waals surface area contributed by atoms with E-state index in [0.29, 0.717) is 18.4 Å². The third kappa shape index (κ3) is 3.00. The molecule has 20 heavy (non-hydrogen) atoms. The number of rotatable bonds is 3.